The van der Waals surface area contributed by atoms with Crippen LogP contribution in [0, 0.1) is 0 Å². The molecule has 6 nitrogen and oxygen atoms in total. The number of hydrogen-bond acceptors (Lipinski definition) is 5. The number of nitrogens with zero attached hydrogens (tertiary/aromatic N) is 3. The predicted octanol–water partition coefficient (Wildman–Crippen LogP) is 4.72. The molecule has 34 heavy (non-hydrogen) atoms. The molecule has 0 saturated carbocycles. The van der Waals surface area contributed by atoms with E-state index >= 15 is 0 Å². The number of halogens is 1. The Balaban J connectivity index is 1.59. The molecule has 2 atom stereocenters. The van der Waals surface area contributed by atoms with Crippen molar-refractivity contribution in [3.8, 4) is 22.3 Å². The fourth-order valence-electron chi connectivity index (χ4n) is 4.11. The Kier molecular flexibility index (Phi) is 7.03. The van der Waals surface area contributed by atoms with Crippen molar-refractivity contribution in [2.45, 2.75) is 51.2 Å². The van der Waals surface area contributed by atoms with Crippen molar-refractivity contribution in [1.29, 1.82) is 0 Å². The molecule has 1 aromatic carbocycles. The zero-order valence-corrected chi connectivity index (χ0v) is 20.5. The molecule has 4 rings (SSSR count). The van der Waals surface area contributed by atoms with Gasteiger partial charge < -0.3 is 15.1 Å². The minimum absolute atomic E-state index is 0.0593. The maximum Gasteiger partial charge on any atom is 0.253 e. The zero-order valence-electron chi connectivity index (χ0n) is 19.7. The Morgan fingerprint density at radius 1 is 0.971 bits per heavy atom. The minimum Gasteiger partial charge on any atom is -0.390 e. The van der Waals surface area contributed by atoms with Crippen molar-refractivity contribution < 1.29 is 15.0 Å². The molecule has 3 heterocycles. The molecule has 1 fully saturated rings. The summed E-state index contributed by atoms with van der Waals surface area (Å²) in [7, 11) is 0. The third kappa shape index (κ3) is 5.30. The number of pyridine rings is 2. The van der Waals surface area contributed by atoms with Gasteiger partial charge in [0.1, 0.15) is 0 Å². The van der Waals surface area contributed by atoms with Gasteiger partial charge in [0, 0.05) is 70.1 Å². The number of benzene rings is 1. The largest absolute Gasteiger partial charge is 0.390 e. The van der Waals surface area contributed by atoms with E-state index < -0.39 is 12.2 Å². The van der Waals surface area contributed by atoms with Gasteiger partial charge in [0.05, 0.1) is 12.2 Å². The number of aliphatic hydroxyl groups is 2. The number of carbonyl (C=O) groups is 1. The second kappa shape index (κ2) is 9.82. The zero-order chi connectivity index (χ0) is 24.5. The Bertz CT molecular complexity index is 1180. The Hall–Kier alpha value is -2.80. The van der Waals surface area contributed by atoms with Crippen LogP contribution in [0.2, 0.25) is 5.02 Å². The summed E-state index contributed by atoms with van der Waals surface area (Å²) in [5, 5.41) is 20.2. The number of hydrogen-bond donors (Lipinski definition) is 2. The average Bonchev–Trinajstić information content (AvgIpc) is 2.99. The first-order valence-corrected chi connectivity index (χ1v) is 11.9. The van der Waals surface area contributed by atoms with Gasteiger partial charge in [0.15, 0.2) is 0 Å². The van der Waals surface area contributed by atoms with Crippen LogP contribution >= 0.6 is 11.6 Å². The van der Waals surface area contributed by atoms with Crippen LogP contribution in [-0.4, -0.2) is 56.3 Å². The second-order valence-electron chi connectivity index (χ2n) is 9.84. The molecule has 0 spiro atoms. The van der Waals surface area contributed by atoms with Crippen molar-refractivity contribution in [2.24, 2.45) is 0 Å². The van der Waals surface area contributed by atoms with E-state index in [1.165, 1.54) is 0 Å². The molecule has 1 amide bonds. The van der Waals surface area contributed by atoms with E-state index in [-0.39, 0.29) is 11.3 Å². The summed E-state index contributed by atoms with van der Waals surface area (Å²) in [6, 6.07) is 11.4. The van der Waals surface area contributed by atoms with Gasteiger partial charge in [-0.1, -0.05) is 38.4 Å². The first-order chi connectivity index (χ1) is 16.1. The van der Waals surface area contributed by atoms with Crippen LogP contribution in [0.4, 0.5) is 0 Å². The van der Waals surface area contributed by atoms with E-state index in [4.69, 9.17) is 11.6 Å². The molecular weight excluding hydrogens is 450 g/mol. The van der Waals surface area contributed by atoms with Crippen LogP contribution in [0.25, 0.3) is 22.3 Å². The lowest BCUT2D eigenvalue weighted by Crippen LogP contribution is -2.32. The highest BCUT2D eigenvalue weighted by Crippen LogP contribution is 2.32. The van der Waals surface area contributed by atoms with Crippen LogP contribution in [0.1, 0.15) is 49.7 Å². The molecule has 178 valence electrons. The number of carbonyl (C=O) groups excluding carboxylic acids is 1. The summed E-state index contributed by atoms with van der Waals surface area (Å²) in [6.07, 6.45) is 4.49. The molecular formula is C27H30ClN3O3. The Morgan fingerprint density at radius 3 is 2.29 bits per heavy atom. The lowest BCUT2D eigenvalue weighted by molar-refractivity contribution is 0.0187. The van der Waals surface area contributed by atoms with E-state index in [0.717, 1.165) is 27.9 Å². The number of aliphatic hydroxyl groups excluding tert-OH is 2. The molecule has 0 radical (unpaired) electrons. The maximum absolute atomic E-state index is 13.0. The SMILES string of the molecule is CC(C)(C)c1cc(-c2cncc(-c3ccc(C(=O)N4CCC(O)C(O)CC4)cc3Cl)c2)ccn1. The van der Waals surface area contributed by atoms with Crippen LogP contribution in [0.3, 0.4) is 0 Å². The molecule has 7 heteroatoms. The highest BCUT2D eigenvalue weighted by molar-refractivity contribution is 6.33. The fourth-order valence-corrected chi connectivity index (χ4v) is 4.40. The number of aromatic nitrogens is 2. The summed E-state index contributed by atoms with van der Waals surface area (Å²) in [5.41, 5.74) is 5.07. The van der Waals surface area contributed by atoms with Gasteiger partial charge in [-0.15, -0.1) is 0 Å². The van der Waals surface area contributed by atoms with Gasteiger partial charge in [-0.05, 0) is 48.7 Å². The maximum atomic E-state index is 13.0. The molecule has 0 aliphatic carbocycles. The third-order valence-electron chi connectivity index (χ3n) is 6.25. The molecule has 1 aliphatic heterocycles. The van der Waals surface area contributed by atoms with Crippen molar-refractivity contribution in [3.63, 3.8) is 0 Å². The average molecular weight is 480 g/mol. The first-order valence-electron chi connectivity index (χ1n) is 11.5. The van der Waals surface area contributed by atoms with Crippen LogP contribution in [0.15, 0.2) is 55.0 Å². The Labute approximate surface area is 205 Å². The molecule has 3 aromatic rings. The number of rotatable bonds is 3. The minimum atomic E-state index is -0.802. The molecule has 1 aliphatic rings. The Morgan fingerprint density at radius 2 is 1.65 bits per heavy atom. The van der Waals surface area contributed by atoms with Crippen LogP contribution in [-0.2, 0) is 5.41 Å². The van der Waals surface area contributed by atoms with E-state index in [1.807, 2.05) is 30.6 Å². The van der Waals surface area contributed by atoms with Crippen LogP contribution < -0.4 is 0 Å². The lowest BCUT2D eigenvalue weighted by atomic mass is 9.90. The fraction of sp³-hybridized carbons (Fsp3) is 0.370. The smallest absolute Gasteiger partial charge is 0.253 e. The lowest BCUT2D eigenvalue weighted by Gasteiger charge is -2.20. The number of amides is 1. The normalized spacial score (nSPS) is 19.1. The van der Waals surface area contributed by atoms with E-state index in [0.29, 0.717) is 36.5 Å². The summed E-state index contributed by atoms with van der Waals surface area (Å²) in [6.45, 7) is 7.18. The summed E-state index contributed by atoms with van der Waals surface area (Å²) >= 11 is 6.62. The third-order valence-corrected chi connectivity index (χ3v) is 6.56. The van der Waals surface area contributed by atoms with Gasteiger partial charge in [-0.25, -0.2) is 0 Å². The first kappa shape index (κ1) is 24.3. The van der Waals surface area contributed by atoms with Crippen molar-refractivity contribution in [2.75, 3.05) is 13.1 Å². The highest BCUT2D eigenvalue weighted by Gasteiger charge is 2.26. The van der Waals surface area contributed by atoms with Crippen LogP contribution in [0.5, 0.6) is 0 Å². The highest BCUT2D eigenvalue weighted by atomic mass is 35.5. The van der Waals surface area contributed by atoms with Gasteiger partial charge >= 0.3 is 0 Å². The van der Waals surface area contributed by atoms with Gasteiger partial charge in [-0.2, -0.15) is 0 Å². The van der Waals surface area contributed by atoms with Gasteiger partial charge in [0.2, 0.25) is 0 Å². The molecule has 2 aromatic heterocycles. The van der Waals surface area contributed by atoms with Gasteiger partial charge in [0.25, 0.3) is 5.91 Å². The summed E-state index contributed by atoms with van der Waals surface area (Å²) < 4.78 is 0. The summed E-state index contributed by atoms with van der Waals surface area (Å²) in [4.78, 5) is 23.6. The molecule has 2 N–H and O–H groups in total. The molecule has 1 saturated heterocycles. The van der Waals surface area contributed by atoms with E-state index in [9.17, 15) is 15.0 Å². The molecule has 2 unspecified atom stereocenters. The second-order valence-corrected chi connectivity index (χ2v) is 10.2. The quantitative estimate of drug-likeness (QED) is 0.567. The standard InChI is InChI=1S/C27H30ClN3O3/c1-27(2,3)25-14-17(6-9-30-25)19-12-20(16-29-15-19)21-5-4-18(13-22(21)28)26(34)31-10-7-23(32)24(33)8-11-31/h4-6,9,12-16,23-24,32-33H,7-8,10-11H2,1-3H3. The van der Waals surface area contributed by atoms with E-state index in [2.05, 4.69) is 36.8 Å². The molecule has 0 bridgehead atoms. The van der Waals surface area contributed by atoms with Crippen molar-refractivity contribution in [1.82, 2.24) is 14.9 Å². The van der Waals surface area contributed by atoms with Gasteiger partial charge in [-0.3, -0.25) is 14.8 Å². The van der Waals surface area contributed by atoms with Crippen molar-refractivity contribution >= 4 is 17.5 Å². The summed E-state index contributed by atoms with van der Waals surface area (Å²) in [5.74, 6) is -0.159. The number of likely N-dealkylation sites (tertiary alicyclic amines) is 1. The topological polar surface area (TPSA) is 86.6 Å². The predicted molar refractivity (Wildman–Crippen MR) is 134 cm³/mol. The van der Waals surface area contributed by atoms with E-state index in [1.54, 1.807) is 23.2 Å². The van der Waals surface area contributed by atoms with Crippen molar-refractivity contribution in [3.05, 3.63) is 71.3 Å². The monoisotopic (exact) mass is 479 g/mol.